The van der Waals surface area contributed by atoms with Gasteiger partial charge in [0, 0.05) is 30.9 Å². The minimum Gasteiger partial charge on any atom is -0.469 e. The summed E-state index contributed by atoms with van der Waals surface area (Å²) in [6, 6.07) is 11.9. The molecule has 0 spiro atoms. The summed E-state index contributed by atoms with van der Waals surface area (Å²) in [4.78, 5) is 10.7. The van der Waals surface area contributed by atoms with Gasteiger partial charge in [0.2, 0.25) is 5.88 Å². The molecule has 0 saturated carbocycles. The standard InChI is InChI=1S/C25H25N9O/c1-3-22(21-6-4-5-9-28-21)35-24-13-18(12-23-29-15-20(14-26)33(23)24)25-17(2)34(31-30-25)19-7-10-32(16-27)11-8-19/h4-6,9,12-13,15,19,22H,3,7-8,10-11H2,1-2H3. The van der Waals surface area contributed by atoms with Gasteiger partial charge < -0.3 is 9.64 Å². The smallest absolute Gasteiger partial charge is 0.201 e. The molecule has 0 radical (unpaired) electrons. The van der Waals surface area contributed by atoms with Crippen molar-refractivity contribution in [1.29, 1.82) is 10.5 Å². The number of nitriles is 2. The van der Waals surface area contributed by atoms with Crippen LogP contribution in [0.15, 0.2) is 42.7 Å². The number of imidazole rings is 1. The van der Waals surface area contributed by atoms with Gasteiger partial charge in [0.15, 0.2) is 6.19 Å². The van der Waals surface area contributed by atoms with Crippen molar-refractivity contribution in [2.24, 2.45) is 0 Å². The van der Waals surface area contributed by atoms with Crippen LogP contribution in [-0.2, 0) is 0 Å². The molecule has 4 aromatic rings. The maximum absolute atomic E-state index is 9.64. The Morgan fingerprint density at radius 2 is 2.00 bits per heavy atom. The summed E-state index contributed by atoms with van der Waals surface area (Å²) < 4.78 is 10.1. The summed E-state index contributed by atoms with van der Waals surface area (Å²) in [6.07, 6.45) is 7.62. The second-order valence-electron chi connectivity index (χ2n) is 8.59. The average Bonchev–Trinajstić information content (AvgIpc) is 3.51. The Hall–Kier alpha value is -4.44. The highest BCUT2D eigenvalue weighted by Gasteiger charge is 2.25. The first kappa shape index (κ1) is 22.4. The van der Waals surface area contributed by atoms with Crippen molar-refractivity contribution >= 4 is 5.65 Å². The van der Waals surface area contributed by atoms with Gasteiger partial charge in [-0.2, -0.15) is 10.5 Å². The lowest BCUT2D eigenvalue weighted by molar-refractivity contribution is 0.186. The third kappa shape index (κ3) is 4.15. The molecule has 1 aliphatic heterocycles. The molecule has 4 aromatic heterocycles. The van der Waals surface area contributed by atoms with Crippen molar-refractivity contribution in [2.45, 2.75) is 45.3 Å². The van der Waals surface area contributed by atoms with E-state index in [9.17, 15) is 5.26 Å². The van der Waals surface area contributed by atoms with Crippen molar-refractivity contribution in [2.75, 3.05) is 13.1 Å². The van der Waals surface area contributed by atoms with Crippen LogP contribution in [0.4, 0.5) is 0 Å². The van der Waals surface area contributed by atoms with E-state index in [4.69, 9.17) is 10.00 Å². The maximum Gasteiger partial charge on any atom is 0.201 e. The lowest BCUT2D eigenvalue weighted by atomic mass is 10.0. The van der Waals surface area contributed by atoms with Crippen molar-refractivity contribution in [3.05, 3.63) is 59.8 Å². The molecule has 1 saturated heterocycles. The van der Waals surface area contributed by atoms with Crippen LogP contribution in [0.3, 0.4) is 0 Å². The molecule has 5 heterocycles. The molecule has 0 bridgehead atoms. The largest absolute Gasteiger partial charge is 0.469 e. The number of pyridine rings is 2. The molecular weight excluding hydrogens is 442 g/mol. The first-order valence-electron chi connectivity index (χ1n) is 11.7. The molecule has 10 heteroatoms. The number of hydrogen-bond acceptors (Lipinski definition) is 8. The Morgan fingerprint density at radius 3 is 2.69 bits per heavy atom. The average molecular weight is 468 g/mol. The lowest BCUT2D eigenvalue weighted by Crippen LogP contribution is -2.31. The third-order valence-electron chi connectivity index (χ3n) is 6.49. The van der Waals surface area contributed by atoms with Crippen molar-refractivity contribution in [3.63, 3.8) is 0 Å². The SMILES string of the molecule is CCC(Oc1cc(-c2nnn(C3CCN(C#N)CC3)c2C)cc2ncc(C#N)n12)c1ccccn1. The van der Waals surface area contributed by atoms with Crippen LogP contribution in [0.2, 0.25) is 0 Å². The fourth-order valence-electron chi connectivity index (χ4n) is 4.61. The third-order valence-corrected chi connectivity index (χ3v) is 6.49. The normalized spacial score (nSPS) is 15.0. The highest BCUT2D eigenvalue weighted by molar-refractivity contribution is 5.68. The molecule has 0 N–H and O–H groups in total. The van der Waals surface area contributed by atoms with Gasteiger partial charge in [-0.1, -0.05) is 18.2 Å². The molecule has 1 atom stereocenters. The van der Waals surface area contributed by atoms with Gasteiger partial charge in [0.05, 0.1) is 23.6 Å². The number of likely N-dealkylation sites (tertiary alicyclic amines) is 1. The molecule has 35 heavy (non-hydrogen) atoms. The zero-order chi connectivity index (χ0) is 24.4. The number of hydrogen-bond donors (Lipinski definition) is 0. The quantitative estimate of drug-likeness (QED) is 0.392. The fourth-order valence-corrected chi connectivity index (χ4v) is 4.61. The van der Waals surface area contributed by atoms with Crippen LogP contribution in [0.1, 0.15) is 55.4 Å². The van der Waals surface area contributed by atoms with Gasteiger partial charge in [0.25, 0.3) is 0 Å². The topological polar surface area (TPSA) is 121 Å². The van der Waals surface area contributed by atoms with Crippen LogP contribution in [-0.4, -0.2) is 47.4 Å². The summed E-state index contributed by atoms with van der Waals surface area (Å²) in [5, 5.41) is 27.7. The van der Waals surface area contributed by atoms with Gasteiger partial charge in [-0.25, -0.2) is 9.67 Å². The predicted molar refractivity (Wildman–Crippen MR) is 127 cm³/mol. The molecule has 5 rings (SSSR count). The van der Waals surface area contributed by atoms with Gasteiger partial charge in [-0.05, 0) is 44.4 Å². The van der Waals surface area contributed by atoms with Crippen LogP contribution >= 0.6 is 0 Å². The summed E-state index contributed by atoms with van der Waals surface area (Å²) in [7, 11) is 0. The van der Waals surface area contributed by atoms with E-state index in [0.29, 0.717) is 23.6 Å². The second kappa shape index (κ2) is 9.43. The van der Waals surface area contributed by atoms with E-state index in [1.54, 1.807) is 21.7 Å². The van der Waals surface area contributed by atoms with Gasteiger partial charge >= 0.3 is 0 Å². The van der Waals surface area contributed by atoms with Gasteiger partial charge in [-0.15, -0.1) is 5.10 Å². The van der Waals surface area contributed by atoms with E-state index in [-0.39, 0.29) is 12.1 Å². The van der Waals surface area contributed by atoms with E-state index in [1.807, 2.05) is 48.9 Å². The van der Waals surface area contributed by atoms with Gasteiger partial charge in [-0.3, -0.25) is 9.38 Å². The Labute approximate surface area is 203 Å². The number of nitrogens with zero attached hydrogens (tertiary/aromatic N) is 9. The van der Waals surface area contributed by atoms with Crippen LogP contribution < -0.4 is 4.74 Å². The van der Waals surface area contributed by atoms with Gasteiger partial charge in [0.1, 0.15) is 29.2 Å². The molecule has 1 unspecified atom stereocenters. The van der Waals surface area contributed by atoms with E-state index >= 15 is 0 Å². The molecular formula is C25H25N9O. The number of ether oxygens (including phenoxy) is 1. The van der Waals surface area contributed by atoms with E-state index in [1.165, 1.54) is 0 Å². The zero-order valence-electron chi connectivity index (χ0n) is 19.7. The maximum atomic E-state index is 9.64. The summed E-state index contributed by atoms with van der Waals surface area (Å²) >= 11 is 0. The number of aromatic nitrogens is 6. The Bertz CT molecular complexity index is 1420. The molecule has 0 amide bonds. The highest BCUT2D eigenvalue weighted by atomic mass is 16.5. The predicted octanol–water partition coefficient (Wildman–Crippen LogP) is 3.82. The fraction of sp³-hybridized carbons (Fsp3) is 0.360. The molecule has 1 aliphatic rings. The van der Waals surface area contributed by atoms with Crippen molar-refractivity contribution in [3.8, 4) is 29.4 Å². The van der Waals surface area contributed by atoms with Crippen LogP contribution in [0.5, 0.6) is 5.88 Å². The molecule has 0 aliphatic carbocycles. The Kier molecular flexibility index (Phi) is 6.02. The van der Waals surface area contributed by atoms with E-state index in [2.05, 4.69) is 32.5 Å². The minimum atomic E-state index is -0.286. The Morgan fingerprint density at radius 1 is 1.17 bits per heavy atom. The number of fused-ring (bicyclic) bond motifs is 1. The van der Waals surface area contributed by atoms with Crippen molar-refractivity contribution < 1.29 is 4.74 Å². The lowest BCUT2D eigenvalue weighted by Gasteiger charge is -2.28. The van der Waals surface area contributed by atoms with Crippen LogP contribution in [0.25, 0.3) is 16.9 Å². The first-order valence-corrected chi connectivity index (χ1v) is 11.7. The second-order valence-corrected chi connectivity index (χ2v) is 8.59. The minimum absolute atomic E-state index is 0.200. The molecule has 176 valence electrons. The van der Waals surface area contributed by atoms with E-state index < -0.39 is 0 Å². The molecule has 1 fully saturated rings. The van der Waals surface area contributed by atoms with Crippen LogP contribution in [0, 0.1) is 29.7 Å². The monoisotopic (exact) mass is 467 g/mol. The molecule has 0 aromatic carbocycles. The summed E-state index contributed by atoms with van der Waals surface area (Å²) in [5.74, 6) is 0.500. The summed E-state index contributed by atoms with van der Waals surface area (Å²) in [6.45, 7) is 5.48. The van der Waals surface area contributed by atoms with Crippen molar-refractivity contribution in [1.82, 2.24) is 34.3 Å². The number of rotatable bonds is 6. The summed E-state index contributed by atoms with van der Waals surface area (Å²) in [5.41, 5.74) is 4.31. The molecule has 10 nitrogen and oxygen atoms in total. The Balaban J connectivity index is 1.53. The number of piperidine rings is 1. The zero-order valence-corrected chi connectivity index (χ0v) is 19.7. The van der Waals surface area contributed by atoms with E-state index in [0.717, 1.165) is 48.6 Å². The first-order chi connectivity index (χ1) is 17.1. The highest BCUT2D eigenvalue weighted by Crippen LogP contribution is 2.33.